The van der Waals surface area contributed by atoms with E-state index in [-0.39, 0.29) is 12.4 Å². The van der Waals surface area contributed by atoms with Crippen LogP contribution in [0.25, 0.3) is 0 Å². The van der Waals surface area contributed by atoms with Gasteiger partial charge in [-0.3, -0.25) is 9.80 Å². The van der Waals surface area contributed by atoms with Gasteiger partial charge >= 0.3 is 0 Å². The van der Waals surface area contributed by atoms with Crippen molar-refractivity contribution in [1.29, 1.82) is 0 Å². The van der Waals surface area contributed by atoms with Crippen LogP contribution in [0, 0.1) is 0 Å². The highest BCUT2D eigenvalue weighted by Crippen LogP contribution is 2.29. The predicted molar refractivity (Wildman–Crippen MR) is 99.0 cm³/mol. The molecule has 0 spiro atoms. The molecule has 1 fully saturated rings. The SMILES string of the molecule is Cl.NCCN1CCN(C(c2ccccc2)c2ccccc2)CC1. The number of hydrogen-bond donors (Lipinski definition) is 1. The van der Waals surface area contributed by atoms with Gasteiger partial charge in [0.1, 0.15) is 0 Å². The van der Waals surface area contributed by atoms with E-state index in [2.05, 4.69) is 70.5 Å². The van der Waals surface area contributed by atoms with E-state index < -0.39 is 0 Å². The maximum absolute atomic E-state index is 5.68. The van der Waals surface area contributed by atoms with Crippen molar-refractivity contribution in [1.82, 2.24) is 9.80 Å². The number of piperazine rings is 1. The minimum absolute atomic E-state index is 0. The van der Waals surface area contributed by atoms with Gasteiger partial charge in [0.15, 0.2) is 0 Å². The maximum atomic E-state index is 5.68. The third-order valence-electron chi connectivity index (χ3n) is 4.45. The van der Waals surface area contributed by atoms with Crippen molar-refractivity contribution >= 4 is 12.4 Å². The van der Waals surface area contributed by atoms with Crippen LogP contribution in [0.15, 0.2) is 60.7 Å². The smallest absolute Gasteiger partial charge is 0.0602 e. The summed E-state index contributed by atoms with van der Waals surface area (Å²) >= 11 is 0. The van der Waals surface area contributed by atoms with Crippen molar-refractivity contribution in [3.05, 3.63) is 71.8 Å². The van der Waals surface area contributed by atoms with Gasteiger partial charge in [0.25, 0.3) is 0 Å². The van der Waals surface area contributed by atoms with Crippen molar-refractivity contribution < 1.29 is 0 Å². The molecule has 2 aromatic rings. The van der Waals surface area contributed by atoms with Gasteiger partial charge in [0.2, 0.25) is 0 Å². The molecule has 3 nitrogen and oxygen atoms in total. The Morgan fingerprint density at radius 3 is 1.70 bits per heavy atom. The van der Waals surface area contributed by atoms with E-state index in [1.165, 1.54) is 11.1 Å². The summed E-state index contributed by atoms with van der Waals surface area (Å²) in [5, 5.41) is 0. The van der Waals surface area contributed by atoms with E-state index in [4.69, 9.17) is 5.73 Å². The second-order valence-electron chi connectivity index (χ2n) is 5.89. The van der Waals surface area contributed by atoms with Gasteiger partial charge in [-0.1, -0.05) is 60.7 Å². The largest absolute Gasteiger partial charge is 0.329 e. The lowest BCUT2D eigenvalue weighted by Gasteiger charge is -2.39. The van der Waals surface area contributed by atoms with E-state index in [9.17, 15) is 0 Å². The molecular formula is C19H26ClN3. The van der Waals surface area contributed by atoms with Crippen molar-refractivity contribution in [2.24, 2.45) is 5.73 Å². The molecule has 124 valence electrons. The Morgan fingerprint density at radius 1 is 0.783 bits per heavy atom. The summed E-state index contributed by atoms with van der Waals surface area (Å²) in [6.45, 7) is 6.15. The van der Waals surface area contributed by atoms with Crippen molar-refractivity contribution in [2.45, 2.75) is 6.04 Å². The number of halogens is 1. The first-order valence-electron chi connectivity index (χ1n) is 8.15. The van der Waals surface area contributed by atoms with E-state index in [0.29, 0.717) is 6.04 Å². The summed E-state index contributed by atoms with van der Waals surface area (Å²) < 4.78 is 0. The molecule has 1 aliphatic rings. The van der Waals surface area contributed by atoms with Gasteiger partial charge < -0.3 is 5.73 Å². The van der Waals surface area contributed by atoms with Crippen LogP contribution in [-0.2, 0) is 0 Å². The lowest BCUT2D eigenvalue weighted by atomic mass is 9.96. The quantitative estimate of drug-likeness (QED) is 0.914. The van der Waals surface area contributed by atoms with Crippen LogP contribution in [0.4, 0.5) is 0 Å². The van der Waals surface area contributed by atoms with Crippen molar-refractivity contribution in [2.75, 3.05) is 39.3 Å². The van der Waals surface area contributed by atoms with Gasteiger partial charge in [-0.05, 0) is 11.1 Å². The Kier molecular flexibility index (Phi) is 7.06. The Balaban J connectivity index is 0.00000192. The molecule has 1 heterocycles. The zero-order valence-electron chi connectivity index (χ0n) is 13.5. The molecule has 23 heavy (non-hydrogen) atoms. The van der Waals surface area contributed by atoms with Gasteiger partial charge in [-0.25, -0.2) is 0 Å². The Hall–Kier alpha value is -1.39. The van der Waals surface area contributed by atoms with Gasteiger partial charge in [0.05, 0.1) is 6.04 Å². The number of nitrogens with zero attached hydrogens (tertiary/aromatic N) is 2. The topological polar surface area (TPSA) is 32.5 Å². The van der Waals surface area contributed by atoms with Gasteiger partial charge in [-0.15, -0.1) is 12.4 Å². The number of benzene rings is 2. The van der Waals surface area contributed by atoms with Crippen LogP contribution in [0.1, 0.15) is 17.2 Å². The first kappa shape index (κ1) is 18.0. The zero-order chi connectivity index (χ0) is 15.2. The summed E-state index contributed by atoms with van der Waals surface area (Å²) in [5.74, 6) is 0. The highest BCUT2D eigenvalue weighted by atomic mass is 35.5. The van der Waals surface area contributed by atoms with E-state index >= 15 is 0 Å². The molecule has 0 saturated carbocycles. The lowest BCUT2D eigenvalue weighted by molar-refractivity contribution is 0.111. The average Bonchev–Trinajstić information content (AvgIpc) is 2.59. The highest BCUT2D eigenvalue weighted by molar-refractivity contribution is 5.85. The first-order valence-corrected chi connectivity index (χ1v) is 8.15. The fourth-order valence-corrected chi connectivity index (χ4v) is 3.31. The average molecular weight is 332 g/mol. The molecule has 0 radical (unpaired) electrons. The number of hydrogen-bond acceptors (Lipinski definition) is 3. The van der Waals surface area contributed by atoms with Crippen molar-refractivity contribution in [3.8, 4) is 0 Å². The molecule has 0 atom stereocenters. The van der Waals surface area contributed by atoms with Crippen molar-refractivity contribution in [3.63, 3.8) is 0 Å². The van der Waals surface area contributed by atoms with Crippen LogP contribution in [-0.4, -0.2) is 49.1 Å². The standard InChI is InChI=1S/C19H25N3.ClH/c20-11-12-21-13-15-22(16-14-21)19(17-7-3-1-4-8-17)18-9-5-2-6-10-18;/h1-10,19H,11-16,20H2;1H. The van der Waals surface area contributed by atoms with E-state index in [1.54, 1.807) is 0 Å². The molecule has 0 bridgehead atoms. The zero-order valence-corrected chi connectivity index (χ0v) is 14.3. The van der Waals surface area contributed by atoms with Crippen LogP contribution < -0.4 is 5.73 Å². The minimum Gasteiger partial charge on any atom is -0.329 e. The third-order valence-corrected chi connectivity index (χ3v) is 4.45. The molecular weight excluding hydrogens is 306 g/mol. The molecule has 0 amide bonds. The Bertz CT molecular complexity index is 514. The molecule has 0 aromatic heterocycles. The molecule has 1 saturated heterocycles. The molecule has 0 aliphatic carbocycles. The van der Waals surface area contributed by atoms with Crippen LogP contribution in [0.2, 0.25) is 0 Å². The van der Waals surface area contributed by atoms with E-state index in [1.807, 2.05) is 0 Å². The second kappa shape index (κ2) is 9.04. The summed E-state index contributed by atoms with van der Waals surface area (Å²) in [7, 11) is 0. The van der Waals surface area contributed by atoms with Crippen LogP contribution >= 0.6 is 12.4 Å². The summed E-state index contributed by atoms with van der Waals surface area (Å²) in [6.07, 6.45) is 0. The Morgan fingerprint density at radius 2 is 1.26 bits per heavy atom. The van der Waals surface area contributed by atoms with Crippen LogP contribution in [0.3, 0.4) is 0 Å². The maximum Gasteiger partial charge on any atom is 0.0602 e. The second-order valence-corrected chi connectivity index (χ2v) is 5.89. The van der Waals surface area contributed by atoms with Crippen LogP contribution in [0.5, 0.6) is 0 Å². The molecule has 1 aliphatic heterocycles. The monoisotopic (exact) mass is 331 g/mol. The fraction of sp³-hybridized carbons (Fsp3) is 0.368. The summed E-state index contributed by atoms with van der Waals surface area (Å²) in [5.41, 5.74) is 8.43. The Labute approximate surface area is 145 Å². The predicted octanol–water partition coefficient (Wildman–Crippen LogP) is 2.77. The molecule has 4 heteroatoms. The number of rotatable bonds is 5. The molecule has 3 rings (SSSR count). The third kappa shape index (κ3) is 4.55. The summed E-state index contributed by atoms with van der Waals surface area (Å²) in [6, 6.07) is 22.0. The minimum atomic E-state index is 0. The molecule has 0 unspecified atom stereocenters. The number of nitrogens with two attached hydrogens (primary N) is 1. The van der Waals surface area contributed by atoms with Gasteiger partial charge in [-0.2, -0.15) is 0 Å². The summed E-state index contributed by atoms with van der Waals surface area (Å²) in [4.78, 5) is 5.06. The van der Waals surface area contributed by atoms with E-state index in [0.717, 1.165) is 39.3 Å². The lowest BCUT2D eigenvalue weighted by Crippen LogP contribution is -2.48. The fourth-order valence-electron chi connectivity index (χ4n) is 3.31. The first-order chi connectivity index (χ1) is 10.9. The normalized spacial score (nSPS) is 16.3. The highest BCUT2D eigenvalue weighted by Gasteiger charge is 2.25. The molecule has 2 aromatic carbocycles. The van der Waals surface area contributed by atoms with Gasteiger partial charge in [0, 0.05) is 39.3 Å². The molecule has 2 N–H and O–H groups in total.